The van der Waals surface area contributed by atoms with Crippen LogP contribution in [-0.2, 0) is 0 Å². The molecule has 0 amide bonds. The first kappa shape index (κ1) is 12.2. The lowest BCUT2D eigenvalue weighted by molar-refractivity contribution is 0.102. The molecule has 1 rings (SSSR count). The molecule has 15 heavy (non-hydrogen) atoms. The van der Waals surface area contributed by atoms with Crippen molar-refractivity contribution >= 4 is 21.7 Å². The molecule has 0 N–H and O–H groups in total. The Bertz CT molecular complexity index is 323. The molecule has 0 radical (unpaired) electrons. The second kappa shape index (κ2) is 6.62. The average Bonchev–Trinajstić information content (AvgIpc) is 2.29. The maximum Gasteiger partial charge on any atom is 0.173 e. The van der Waals surface area contributed by atoms with Gasteiger partial charge in [-0.15, -0.1) is 0 Å². The lowest BCUT2D eigenvalue weighted by Gasteiger charge is -2.06. The molecule has 0 atom stereocenters. The molecule has 1 aromatic rings. The van der Waals surface area contributed by atoms with Gasteiger partial charge in [-0.25, -0.2) is 0 Å². The molecule has 0 aliphatic heterocycles. The zero-order chi connectivity index (χ0) is 11.1. The van der Waals surface area contributed by atoms with Gasteiger partial charge in [-0.05, 0) is 18.6 Å². The van der Waals surface area contributed by atoms with Gasteiger partial charge in [0.25, 0.3) is 0 Å². The molecule has 0 bridgehead atoms. The minimum absolute atomic E-state index is 0.0796. The van der Waals surface area contributed by atoms with E-state index in [4.69, 9.17) is 4.74 Å². The third kappa shape index (κ3) is 4.04. The third-order valence-electron chi connectivity index (χ3n) is 2.04. The van der Waals surface area contributed by atoms with Crippen molar-refractivity contribution in [3.05, 3.63) is 29.8 Å². The van der Waals surface area contributed by atoms with Crippen LogP contribution >= 0.6 is 15.9 Å². The number of hydrogen-bond acceptors (Lipinski definition) is 2. The Morgan fingerprint density at radius 2 is 2.27 bits per heavy atom. The smallest absolute Gasteiger partial charge is 0.173 e. The van der Waals surface area contributed by atoms with Gasteiger partial charge >= 0.3 is 0 Å². The van der Waals surface area contributed by atoms with Crippen molar-refractivity contribution in [1.29, 1.82) is 0 Å². The van der Waals surface area contributed by atoms with Crippen molar-refractivity contribution in [3.63, 3.8) is 0 Å². The SMILES string of the molecule is CCCCOc1cccc(C(=O)CBr)c1. The van der Waals surface area contributed by atoms with Gasteiger partial charge in [0, 0.05) is 5.56 Å². The highest BCUT2D eigenvalue weighted by Gasteiger charge is 2.04. The fourth-order valence-electron chi connectivity index (χ4n) is 1.17. The monoisotopic (exact) mass is 270 g/mol. The van der Waals surface area contributed by atoms with Crippen LogP contribution in [0.3, 0.4) is 0 Å². The molecule has 0 aliphatic rings. The summed E-state index contributed by atoms with van der Waals surface area (Å²) in [5, 5.41) is 0.353. The molecule has 0 saturated carbocycles. The standard InChI is InChI=1S/C12H15BrO2/c1-2-3-7-15-11-6-4-5-10(8-11)12(14)9-13/h4-6,8H,2-3,7,9H2,1H3. The first-order valence-electron chi connectivity index (χ1n) is 5.10. The average molecular weight is 271 g/mol. The van der Waals surface area contributed by atoms with Crippen LogP contribution < -0.4 is 4.74 Å². The minimum atomic E-state index is 0.0796. The Morgan fingerprint density at radius 1 is 1.47 bits per heavy atom. The number of alkyl halides is 1. The summed E-state index contributed by atoms with van der Waals surface area (Å²) in [6.45, 7) is 2.83. The molecular weight excluding hydrogens is 256 g/mol. The van der Waals surface area contributed by atoms with Crippen LogP contribution in [-0.4, -0.2) is 17.7 Å². The molecule has 1 aromatic carbocycles. The van der Waals surface area contributed by atoms with Crippen LogP contribution in [0.25, 0.3) is 0 Å². The number of Topliss-reactive ketones (excluding diaryl/α,β-unsaturated/α-hetero) is 1. The fourth-order valence-corrected chi connectivity index (χ4v) is 1.49. The van der Waals surface area contributed by atoms with Crippen molar-refractivity contribution in [2.75, 3.05) is 11.9 Å². The summed E-state index contributed by atoms with van der Waals surface area (Å²) >= 11 is 3.15. The molecule has 0 unspecified atom stereocenters. The summed E-state index contributed by atoms with van der Waals surface area (Å²) in [6, 6.07) is 7.31. The Hall–Kier alpha value is -0.830. The number of rotatable bonds is 6. The second-order valence-corrected chi connectivity index (χ2v) is 3.85. The van der Waals surface area contributed by atoms with Gasteiger partial charge in [-0.2, -0.15) is 0 Å². The van der Waals surface area contributed by atoms with Crippen molar-refractivity contribution in [2.45, 2.75) is 19.8 Å². The van der Waals surface area contributed by atoms with Gasteiger partial charge in [0.05, 0.1) is 11.9 Å². The number of benzene rings is 1. The molecule has 3 heteroatoms. The zero-order valence-corrected chi connectivity index (χ0v) is 10.4. The Balaban J connectivity index is 2.62. The van der Waals surface area contributed by atoms with Crippen LogP contribution in [0.4, 0.5) is 0 Å². The van der Waals surface area contributed by atoms with E-state index in [1.54, 1.807) is 12.1 Å². The van der Waals surface area contributed by atoms with E-state index in [-0.39, 0.29) is 5.78 Å². The fraction of sp³-hybridized carbons (Fsp3) is 0.417. The van der Waals surface area contributed by atoms with E-state index in [1.165, 1.54) is 0 Å². The van der Waals surface area contributed by atoms with Crippen LogP contribution in [0.15, 0.2) is 24.3 Å². The lowest BCUT2D eigenvalue weighted by Crippen LogP contribution is -2.01. The Kier molecular flexibility index (Phi) is 5.40. The van der Waals surface area contributed by atoms with Crippen molar-refractivity contribution in [1.82, 2.24) is 0 Å². The van der Waals surface area contributed by atoms with E-state index in [2.05, 4.69) is 22.9 Å². The predicted molar refractivity (Wildman–Crippen MR) is 65.0 cm³/mol. The molecule has 0 saturated heterocycles. The van der Waals surface area contributed by atoms with Gasteiger partial charge in [-0.3, -0.25) is 4.79 Å². The maximum atomic E-state index is 11.4. The molecule has 2 nitrogen and oxygen atoms in total. The van der Waals surface area contributed by atoms with E-state index in [0.29, 0.717) is 17.5 Å². The van der Waals surface area contributed by atoms with Crippen LogP contribution in [0.2, 0.25) is 0 Å². The summed E-state index contributed by atoms with van der Waals surface area (Å²) in [7, 11) is 0. The van der Waals surface area contributed by atoms with Gasteiger partial charge in [0.15, 0.2) is 5.78 Å². The minimum Gasteiger partial charge on any atom is -0.494 e. The molecule has 82 valence electrons. The number of halogens is 1. The normalized spacial score (nSPS) is 10.0. The highest BCUT2D eigenvalue weighted by molar-refractivity contribution is 9.09. The molecule has 0 spiro atoms. The highest BCUT2D eigenvalue weighted by atomic mass is 79.9. The summed E-state index contributed by atoms with van der Waals surface area (Å²) in [4.78, 5) is 11.4. The van der Waals surface area contributed by atoms with Crippen LogP contribution in [0.1, 0.15) is 30.1 Å². The van der Waals surface area contributed by atoms with Crippen molar-refractivity contribution in [3.8, 4) is 5.75 Å². The number of hydrogen-bond donors (Lipinski definition) is 0. The Morgan fingerprint density at radius 3 is 2.93 bits per heavy atom. The molecular formula is C12H15BrO2. The van der Waals surface area contributed by atoms with Gasteiger partial charge in [0.2, 0.25) is 0 Å². The highest BCUT2D eigenvalue weighted by Crippen LogP contribution is 2.14. The topological polar surface area (TPSA) is 26.3 Å². The maximum absolute atomic E-state index is 11.4. The number of unbranched alkanes of at least 4 members (excludes halogenated alkanes) is 1. The van der Waals surface area contributed by atoms with Gasteiger partial charge < -0.3 is 4.74 Å². The third-order valence-corrected chi connectivity index (χ3v) is 2.55. The summed E-state index contributed by atoms with van der Waals surface area (Å²) in [5.74, 6) is 0.853. The first-order valence-corrected chi connectivity index (χ1v) is 6.22. The number of carbonyl (C=O) groups is 1. The Labute approximate surface area is 98.8 Å². The van der Waals surface area contributed by atoms with Crippen LogP contribution in [0, 0.1) is 0 Å². The molecule has 0 aliphatic carbocycles. The molecule has 0 fully saturated rings. The number of carbonyl (C=O) groups excluding carboxylic acids is 1. The number of ketones is 1. The quantitative estimate of drug-likeness (QED) is 0.450. The number of ether oxygens (including phenoxy) is 1. The van der Waals surface area contributed by atoms with Crippen molar-refractivity contribution < 1.29 is 9.53 Å². The zero-order valence-electron chi connectivity index (χ0n) is 8.83. The van der Waals surface area contributed by atoms with E-state index in [1.807, 2.05) is 12.1 Å². The van der Waals surface area contributed by atoms with Crippen LogP contribution in [0.5, 0.6) is 5.75 Å². The molecule has 0 heterocycles. The summed E-state index contributed by atoms with van der Waals surface area (Å²) in [5.41, 5.74) is 0.695. The predicted octanol–water partition coefficient (Wildman–Crippen LogP) is 3.44. The van der Waals surface area contributed by atoms with Gasteiger partial charge in [-0.1, -0.05) is 41.4 Å². The lowest BCUT2D eigenvalue weighted by atomic mass is 10.1. The molecule has 0 aromatic heterocycles. The summed E-state index contributed by atoms with van der Waals surface area (Å²) in [6.07, 6.45) is 2.15. The van der Waals surface area contributed by atoms with E-state index >= 15 is 0 Å². The van der Waals surface area contributed by atoms with Gasteiger partial charge in [0.1, 0.15) is 5.75 Å². The van der Waals surface area contributed by atoms with E-state index in [0.717, 1.165) is 18.6 Å². The summed E-state index contributed by atoms with van der Waals surface area (Å²) < 4.78 is 5.51. The largest absolute Gasteiger partial charge is 0.494 e. The van der Waals surface area contributed by atoms with Crippen molar-refractivity contribution in [2.24, 2.45) is 0 Å². The van der Waals surface area contributed by atoms with E-state index < -0.39 is 0 Å². The second-order valence-electron chi connectivity index (χ2n) is 3.29. The first-order chi connectivity index (χ1) is 7.27. The van der Waals surface area contributed by atoms with E-state index in [9.17, 15) is 4.79 Å².